The first-order chi connectivity index (χ1) is 15.2. The van der Waals surface area contributed by atoms with Crippen LogP contribution < -0.4 is 5.32 Å². The molecule has 168 valence electrons. The fourth-order valence-corrected chi connectivity index (χ4v) is 4.30. The molecule has 0 spiro atoms. The van der Waals surface area contributed by atoms with E-state index in [4.69, 9.17) is 4.99 Å². The lowest BCUT2D eigenvalue weighted by Crippen LogP contribution is -2.54. The van der Waals surface area contributed by atoms with Gasteiger partial charge in [0.2, 0.25) is 5.91 Å². The molecule has 1 N–H and O–H groups in total. The predicted octanol–water partition coefficient (Wildman–Crippen LogP) is 0.867. The molecule has 2 fully saturated rings. The van der Waals surface area contributed by atoms with E-state index >= 15 is 0 Å². The second-order valence-corrected chi connectivity index (χ2v) is 8.24. The van der Waals surface area contributed by atoms with Gasteiger partial charge in [0, 0.05) is 65.0 Å². The molecule has 0 unspecified atom stereocenters. The fourth-order valence-electron chi connectivity index (χ4n) is 4.30. The van der Waals surface area contributed by atoms with Crippen LogP contribution in [0.3, 0.4) is 0 Å². The molecule has 4 rings (SSSR count). The van der Waals surface area contributed by atoms with Gasteiger partial charge in [-0.25, -0.2) is 0 Å². The number of rotatable bonds is 6. The second kappa shape index (κ2) is 10.6. The van der Waals surface area contributed by atoms with Crippen molar-refractivity contribution >= 4 is 17.5 Å². The maximum atomic E-state index is 12.6. The van der Waals surface area contributed by atoms with Gasteiger partial charge in [0.15, 0.2) is 11.6 Å². The lowest BCUT2D eigenvalue weighted by molar-refractivity contribution is -0.133. The molecule has 9 heteroatoms. The Labute approximate surface area is 184 Å². The first-order valence-electron chi connectivity index (χ1n) is 11.6. The van der Waals surface area contributed by atoms with Crippen LogP contribution in [0.25, 0.3) is 5.65 Å². The van der Waals surface area contributed by atoms with Crippen LogP contribution in [0.15, 0.2) is 29.4 Å². The molecule has 4 heterocycles. The minimum atomic E-state index is 0.286. The van der Waals surface area contributed by atoms with E-state index in [1.807, 2.05) is 33.7 Å². The number of carbonyl (C=O) groups excluding carboxylic acids is 1. The second-order valence-electron chi connectivity index (χ2n) is 8.24. The quantitative estimate of drug-likeness (QED) is 0.545. The average Bonchev–Trinajstić information content (AvgIpc) is 3.23. The summed E-state index contributed by atoms with van der Waals surface area (Å²) in [6.45, 7) is 9.52. The number of likely N-dealkylation sites (tertiary alicyclic amines) is 1. The molecule has 0 atom stereocenters. The van der Waals surface area contributed by atoms with Crippen molar-refractivity contribution in [3.8, 4) is 0 Å². The minimum absolute atomic E-state index is 0.286. The SMILES string of the molecule is CCNC(=NCCc1nnc2ccccn12)N1CCN(CC(=O)N2CCCCC2)CC1. The number of carbonyl (C=O) groups is 1. The van der Waals surface area contributed by atoms with Crippen molar-refractivity contribution in [3.63, 3.8) is 0 Å². The van der Waals surface area contributed by atoms with E-state index in [2.05, 4.69) is 32.2 Å². The normalized spacial score (nSPS) is 18.5. The van der Waals surface area contributed by atoms with Crippen molar-refractivity contribution in [2.75, 3.05) is 58.9 Å². The predicted molar refractivity (Wildman–Crippen MR) is 121 cm³/mol. The first kappa shape index (κ1) is 21.5. The molecule has 0 aromatic carbocycles. The Hall–Kier alpha value is -2.68. The average molecular weight is 427 g/mol. The van der Waals surface area contributed by atoms with Gasteiger partial charge in [0.1, 0.15) is 5.82 Å². The van der Waals surface area contributed by atoms with Crippen LogP contribution in [0.5, 0.6) is 0 Å². The molecule has 2 aliphatic heterocycles. The van der Waals surface area contributed by atoms with E-state index in [-0.39, 0.29) is 5.91 Å². The van der Waals surface area contributed by atoms with Gasteiger partial charge in [-0.2, -0.15) is 0 Å². The van der Waals surface area contributed by atoms with Crippen LogP contribution in [0.4, 0.5) is 0 Å². The summed E-state index contributed by atoms with van der Waals surface area (Å²) in [7, 11) is 0. The van der Waals surface area contributed by atoms with Crippen LogP contribution in [-0.4, -0.2) is 100 Å². The van der Waals surface area contributed by atoms with Crippen molar-refractivity contribution in [2.45, 2.75) is 32.6 Å². The Balaban J connectivity index is 1.28. The van der Waals surface area contributed by atoms with Gasteiger partial charge in [0.05, 0.1) is 6.54 Å². The number of pyridine rings is 1. The number of aliphatic imine (C=N–C) groups is 1. The van der Waals surface area contributed by atoms with Crippen LogP contribution in [0.1, 0.15) is 32.0 Å². The highest BCUT2D eigenvalue weighted by Crippen LogP contribution is 2.10. The molecule has 2 saturated heterocycles. The number of hydrogen-bond acceptors (Lipinski definition) is 5. The molecule has 1 amide bonds. The highest BCUT2D eigenvalue weighted by Gasteiger charge is 2.24. The van der Waals surface area contributed by atoms with Crippen LogP contribution in [0, 0.1) is 0 Å². The van der Waals surface area contributed by atoms with E-state index in [1.54, 1.807) is 0 Å². The van der Waals surface area contributed by atoms with Crippen molar-refractivity contribution in [1.82, 2.24) is 34.6 Å². The topological polar surface area (TPSA) is 81.4 Å². The smallest absolute Gasteiger partial charge is 0.236 e. The summed E-state index contributed by atoms with van der Waals surface area (Å²) in [5, 5.41) is 11.9. The van der Waals surface area contributed by atoms with Gasteiger partial charge in [-0.15, -0.1) is 10.2 Å². The van der Waals surface area contributed by atoms with Crippen molar-refractivity contribution in [2.24, 2.45) is 4.99 Å². The van der Waals surface area contributed by atoms with Gasteiger partial charge < -0.3 is 15.1 Å². The molecule has 0 saturated carbocycles. The number of aromatic nitrogens is 3. The number of nitrogens with zero attached hydrogens (tertiary/aromatic N) is 7. The number of nitrogens with one attached hydrogen (secondary N) is 1. The molecule has 0 bridgehead atoms. The first-order valence-corrected chi connectivity index (χ1v) is 11.6. The zero-order chi connectivity index (χ0) is 21.5. The lowest BCUT2D eigenvalue weighted by Gasteiger charge is -2.37. The fraction of sp³-hybridized carbons (Fsp3) is 0.636. The molecule has 0 aliphatic carbocycles. The summed E-state index contributed by atoms with van der Waals surface area (Å²) in [4.78, 5) is 24.0. The van der Waals surface area contributed by atoms with Crippen molar-refractivity contribution in [1.29, 1.82) is 0 Å². The molecule has 2 aromatic heterocycles. The monoisotopic (exact) mass is 426 g/mol. The van der Waals surface area contributed by atoms with Gasteiger partial charge in [-0.3, -0.25) is 19.1 Å². The molecule has 9 nitrogen and oxygen atoms in total. The van der Waals surface area contributed by atoms with Crippen molar-refractivity contribution < 1.29 is 4.79 Å². The van der Waals surface area contributed by atoms with Crippen molar-refractivity contribution in [3.05, 3.63) is 30.2 Å². The number of guanidine groups is 1. The Kier molecular flexibility index (Phi) is 7.35. The maximum Gasteiger partial charge on any atom is 0.236 e. The maximum absolute atomic E-state index is 12.6. The third-order valence-corrected chi connectivity index (χ3v) is 6.06. The third kappa shape index (κ3) is 5.52. The zero-order valence-electron chi connectivity index (χ0n) is 18.5. The molecular formula is C22H34N8O. The van der Waals surface area contributed by atoms with E-state index in [0.29, 0.717) is 13.1 Å². The number of piperidine rings is 1. The third-order valence-electron chi connectivity index (χ3n) is 6.06. The molecule has 2 aliphatic rings. The highest BCUT2D eigenvalue weighted by molar-refractivity contribution is 5.80. The highest BCUT2D eigenvalue weighted by atomic mass is 16.2. The zero-order valence-corrected chi connectivity index (χ0v) is 18.5. The Morgan fingerprint density at radius 2 is 1.84 bits per heavy atom. The molecule has 0 radical (unpaired) electrons. The molecule has 31 heavy (non-hydrogen) atoms. The van der Waals surface area contributed by atoms with E-state index in [1.165, 1.54) is 6.42 Å². The Bertz CT molecular complexity index is 881. The Morgan fingerprint density at radius 3 is 2.61 bits per heavy atom. The number of amides is 1. The minimum Gasteiger partial charge on any atom is -0.357 e. The number of piperazine rings is 1. The summed E-state index contributed by atoms with van der Waals surface area (Å²) in [6.07, 6.45) is 6.27. The largest absolute Gasteiger partial charge is 0.357 e. The number of hydrogen-bond donors (Lipinski definition) is 1. The van der Waals surface area contributed by atoms with Crippen LogP contribution in [0.2, 0.25) is 0 Å². The number of fused-ring (bicyclic) bond motifs is 1. The Morgan fingerprint density at radius 1 is 1.03 bits per heavy atom. The van der Waals surface area contributed by atoms with Gasteiger partial charge in [-0.05, 0) is 38.3 Å². The molecule has 2 aromatic rings. The van der Waals surface area contributed by atoms with E-state index < -0.39 is 0 Å². The van der Waals surface area contributed by atoms with Gasteiger partial charge in [-0.1, -0.05) is 6.07 Å². The van der Waals surface area contributed by atoms with E-state index in [9.17, 15) is 4.79 Å². The standard InChI is InChI=1S/C22H34N8O/c1-2-23-22(24-10-9-20-26-25-19-8-4-7-13-30(19)20)29-16-14-27(15-17-29)18-21(31)28-11-5-3-6-12-28/h4,7-8,13H,2-3,5-6,9-12,14-18H2,1H3,(H,23,24). The van der Waals surface area contributed by atoms with Crippen LogP contribution >= 0.6 is 0 Å². The van der Waals surface area contributed by atoms with Crippen LogP contribution in [-0.2, 0) is 11.2 Å². The lowest BCUT2D eigenvalue weighted by atomic mass is 10.1. The van der Waals surface area contributed by atoms with E-state index in [0.717, 1.165) is 82.5 Å². The van der Waals surface area contributed by atoms with Gasteiger partial charge >= 0.3 is 0 Å². The summed E-state index contributed by atoms with van der Waals surface area (Å²) in [6, 6.07) is 5.91. The summed E-state index contributed by atoms with van der Waals surface area (Å²) in [5.74, 6) is 2.16. The summed E-state index contributed by atoms with van der Waals surface area (Å²) >= 11 is 0. The summed E-state index contributed by atoms with van der Waals surface area (Å²) in [5.41, 5.74) is 0.864. The molecular weight excluding hydrogens is 392 g/mol. The van der Waals surface area contributed by atoms with Gasteiger partial charge in [0.25, 0.3) is 0 Å². The summed E-state index contributed by atoms with van der Waals surface area (Å²) < 4.78 is 2.01.